The minimum absolute atomic E-state index is 0.0496. The summed E-state index contributed by atoms with van der Waals surface area (Å²) in [5, 5.41) is 12.2. The molecule has 2 aliphatic rings. The molecule has 0 saturated carbocycles. The quantitative estimate of drug-likeness (QED) is 0.385. The Kier molecular flexibility index (Phi) is 7.42. The number of aliphatic hydroxyl groups is 1. The number of rotatable bonds is 6. The number of aryl methyl sites for hydroxylation is 2. The predicted molar refractivity (Wildman–Crippen MR) is 152 cm³/mol. The number of fused-ring (bicyclic) bond motifs is 4. The van der Waals surface area contributed by atoms with Crippen LogP contribution in [-0.4, -0.2) is 51.9 Å². The SMILES string of the molecule is COc1cc2c(c(OC)c1OC)-c1c(cc3c(c1OC)OCO3)C[C@H](C)[C@](C)(O)[C@H]2OC(=O)c1ccc(C)c(C)c1. The van der Waals surface area contributed by atoms with E-state index in [2.05, 4.69) is 0 Å². The summed E-state index contributed by atoms with van der Waals surface area (Å²) >= 11 is 0. The van der Waals surface area contributed by atoms with E-state index >= 15 is 0 Å². The minimum atomic E-state index is -1.52. The molecular weight excluding hydrogens is 528 g/mol. The minimum Gasteiger partial charge on any atom is -0.493 e. The summed E-state index contributed by atoms with van der Waals surface area (Å²) < 4.78 is 41.1. The van der Waals surface area contributed by atoms with Gasteiger partial charge in [-0.1, -0.05) is 13.0 Å². The molecule has 1 aliphatic carbocycles. The first kappa shape index (κ1) is 28.4. The average molecular weight is 565 g/mol. The van der Waals surface area contributed by atoms with Crippen molar-refractivity contribution in [2.45, 2.75) is 45.8 Å². The average Bonchev–Trinajstić information content (AvgIpc) is 3.43. The molecule has 218 valence electrons. The second-order valence-corrected chi connectivity index (χ2v) is 10.7. The van der Waals surface area contributed by atoms with Crippen molar-refractivity contribution < 1.29 is 43.1 Å². The maximum atomic E-state index is 13.7. The Morgan fingerprint density at radius 3 is 2.24 bits per heavy atom. The van der Waals surface area contributed by atoms with Crippen molar-refractivity contribution in [3.05, 3.63) is 58.1 Å². The van der Waals surface area contributed by atoms with Gasteiger partial charge >= 0.3 is 5.97 Å². The summed E-state index contributed by atoms with van der Waals surface area (Å²) in [5.74, 6) is 1.52. The monoisotopic (exact) mass is 564 g/mol. The molecule has 3 atom stereocenters. The van der Waals surface area contributed by atoms with E-state index in [-0.39, 0.29) is 12.7 Å². The lowest BCUT2D eigenvalue weighted by atomic mass is 9.73. The van der Waals surface area contributed by atoms with Gasteiger partial charge in [-0.05, 0) is 74.1 Å². The molecule has 0 bridgehead atoms. The third-order valence-corrected chi connectivity index (χ3v) is 8.32. The summed E-state index contributed by atoms with van der Waals surface area (Å²) in [5.41, 5.74) is 3.38. The molecule has 41 heavy (non-hydrogen) atoms. The Hall–Kier alpha value is -4.11. The predicted octanol–water partition coefficient (Wildman–Crippen LogP) is 5.57. The highest BCUT2D eigenvalue weighted by molar-refractivity contribution is 5.92. The topological polar surface area (TPSA) is 102 Å². The number of esters is 1. The summed E-state index contributed by atoms with van der Waals surface area (Å²) in [4.78, 5) is 13.7. The van der Waals surface area contributed by atoms with Gasteiger partial charge in [0, 0.05) is 16.7 Å². The fourth-order valence-electron chi connectivity index (χ4n) is 5.67. The van der Waals surface area contributed by atoms with E-state index in [4.69, 9.17) is 33.2 Å². The van der Waals surface area contributed by atoms with Gasteiger partial charge < -0.3 is 38.3 Å². The van der Waals surface area contributed by atoms with Crippen molar-refractivity contribution in [1.29, 1.82) is 0 Å². The molecular formula is C32H36O9. The van der Waals surface area contributed by atoms with Crippen molar-refractivity contribution in [2.24, 2.45) is 5.92 Å². The van der Waals surface area contributed by atoms with Crippen LogP contribution in [0.4, 0.5) is 0 Å². The van der Waals surface area contributed by atoms with Gasteiger partial charge in [-0.3, -0.25) is 0 Å². The van der Waals surface area contributed by atoms with E-state index in [1.807, 2.05) is 32.9 Å². The number of hydrogen-bond donors (Lipinski definition) is 1. The molecule has 0 spiro atoms. The summed E-state index contributed by atoms with van der Waals surface area (Å²) in [6.45, 7) is 7.56. The Labute approximate surface area is 239 Å². The van der Waals surface area contributed by atoms with Crippen LogP contribution < -0.4 is 28.4 Å². The Balaban J connectivity index is 1.84. The molecule has 3 aromatic rings. The van der Waals surface area contributed by atoms with Crippen LogP contribution in [0.25, 0.3) is 11.1 Å². The van der Waals surface area contributed by atoms with Gasteiger partial charge in [0.15, 0.2) is 29.1 Å². The van der Waals surface area contributed by atoms with E-state index in [1.54, 1.807) is 32.2 Å². The highest BCUT2D eigenvalue weighted by Gasteiger charge is 2.47. The molecule has 1 aliphatic heterocycles. The molecule has 0 radical (unpaired) electrons. The van der Waals surface area contributed by atoms with Crippen LogP contribution in [0.3, 0.4) is 0 Å². The molecule has 0 saturated heterocycles. The number of hydrogen-bond acceptors (Lipinski definition) is 9. The summed E-state index contributed by atoms with van der Waals surface area (Å²) in [6, 6.07) is 9.00. The maximum Gasteiger partial charge on any atom is 0.338 e. The lowest BCUT2D eigenvalue weighted by Crippen LogP contribution is -2.43. The maximum absolute atomic E-state index is 13.7. The molecule has 0 aromatic heterocycles. The number of benzene rings is 3. The lowest BCUT2D eigenvalue weighted by Gasteiger charge is -2.41. The van der Waals surface area contributed by atoms with Crippen LogP contribution in [0, 0.1) is 19.8 Å². The number of ether oxygens (including phenoxy) is 7. The third-order valence-electron chi connectivity index (χ3n) is 8.32. The van der Waals surface area contributed by atoms with Gasteiger partial charge in [-0.15, -0.1) is 0 Å². The number of carbonyl (C=O) groups is 1. The van der Waals surface area contributed by atoms with Crippen LogP contribution >= 0.6 is 0 Å². The Morgan fingerprint density at radius 1 is 0.902 bits per heavy atom. The largest absolute Gasteiger partial charge is 0.493 e. The first-order valence-corrected chi connectivity index (χ1v) is 13.4. The number of methoxy groups -OCH3 is 4. The first-order valence-electron chi connectivity index (χ1n) is 13.4. The summed E-state index contributed by atoms with van der Waals surface area (Å²) in [6.07, 6.45) is -0.720. The van der Waals surface area contributed by atoms with Crippen LogP contribution in [0.2, 0.25) is 0 Å². The van der Waals surface area contributed by atoms with Crippen LogP contribution in [0.1, 0.15) is 52.6 Å². The van der Waals surface area contributed by atoms with Gasteiger partial charge in [0.2, 0.25) is 18.3 Å². The van der Waals surface area contributed by atoms with Crippen LogP contribution in [0.15, 0.2) is 30.3 Å². The first-order chi connectivity index (χ1) is 19.6. The van der Waals surface area contributed by atoms with Crippen LogP contribution in [0.5, 0.6) is 34.5 Å². The molecule has 5 rings (SSSR count). The van der Waals surface area contributed by atoms with Crippen molar-refractivity contribution >= 4 is 5.97 Å². The van der Waals surface area contributed by atoms with Gasteiger partial charge in [-0.2, -0.15) is 0 Å². The van der Waals surface area contributed by atoms with E-state index in [1.165, 1.54) is 21.3 Å². The second-order valence-electron chi connectivity index (χ2n) is 10.7. The van der Waals surface area contributed by atoms with Crippen molar-refractivity contribution in [3.8, 4) is 45.6 Å². The fourth-order valence-corrected chi connectivity index (χ4v) is 5.67. The zero-order chi connectivity index (χ0) is 29.6. The van der Waals surface area contributed by atoms with E-state index in [0.717, 1.165) is 16.7 Å². The Bertz CT molecular complexity index is 1510. The van der Waals surface area contributed by atoms with Crippen molar-refractivity contribution in [2.75, 3.05) is 35.2 Å². The molecule has 3 aromatic carbocycles. The van der Waals surface area contributed by atoms with E-state index < -0.39 is 17.7 Å². The van der Waals surface area contributed by atoms with Gasteiger partial charge in [0.05, 0.1) is 34.0 Å². The Morgan fingerprint density at radius 2 is 1.61 bits per heavy atom. The smallest absolute Gasteiger partial charge is 0.338 e. The second kappa shape index (κ2) is 10.7. The van der Waals surface area contributed by atoms with Crippen molar-refractivity contribution in [3.63, 3.8) is 0 Å². The zero-order valence-corrected chi connectivity index (χ0v) is 24.7. The standard InChI is InChI=1S/C32H36O9/c1-16-9-10-19(11-17(16)2)31(33)41-30-21-14-22(35-5)26(36-6)29(38-8)25(21)24-20(12-18(3)32(30,4)34)13-23-27(28(24)37-7)40-15-39-23/h9-11,13-14,18,30,34H,12,15H2,1-8H3/t18-,30-,32-/m0/s1. The van der Waals surface area contributed by atoms with Gasteiger partial charge in [0.1, 0.15) is 5.60 Å². The van der Waals surface area contributed by atoms with E-state index in [0.29, 0.717) is 63.2 Å². The third kappa shape index (κ3) is 4.58. The molecule has 1 N–H and O–H groups in total. The molecule has 9 nitrogen and oxygen atoms in total. The molecule has 1 heterocycles. The molecule has 9 heteroatoms. The normalized spacial score (nSPS) is 20.7. The zero-order valence-electron chi connectivity index (χ0n) is 24.7. The highest BCUT2D eigenvalue weighted by Crippen LogP contribution is 2.59. The number of carbonyl (C=O) groups excluding carboxylic acids is 1. The summed E-state index contributed by atoms with van der Waals surface area (Å²) in [7, 11) is 6.10. The molecule has 0 fully saturated rings. The van der Waals surface area contributed by atoms with Crippen molar-refractivity contribution in [1.82, 2.24) is 0 Å². The fraction of sp³-hybridized carbons (Fsp3) is 0.406. The molecule has 0 amide bonds. The highest BCUT2D eigenvalue weighted by atomic mass is 16.7. The van der Waals surface area contributed by atoms with Crippen LogP contribution in [-0.2, 0) is 11.2 Å². The van der Waals surface area contributed by atoms with E-state index in [9.17, 15) is 9.90 Å². The lowest BCUT2D eigenvalue weighted by molar-refractivity contribution is -0.107. The van der Waals surface area contributed by atoms with Gasteiger partial charge in [-0.25, -0.2) is 4.79 Å². The molecule has 0 unspecified atom stereocenters. The van der Waals surface area contributed by atoms with Gasteiger partial charge in [0.25, 0.3) is 0 Å².